The van der Waals surface area contributed by atoms with Gasteiger partial charge < -0.3 is 9.80 Å². The molecule has 8 aromatic rings. The zero-order valence-corrected chi connectivity index (χ0v) is 30.0. The van der Waals surface area contributed by atoms with E-state index in [0.29, 0.717) is 0 Å². The molecule has 0 aliphatic heterocycles. The van der Waals surface area contributed by atoms with Gasteiger partial charge >= 0.3 is 0 Å². The topological polar surface area (TPSA) is 6.48 Å². The number of benzene rings is 8. The predicted octanol–water partition coefficient (Wildman–Crippen LogP) is 13.6. The van der Waals surface area contributed by atoms with E-state index >= 15 is 0 Å². The minimum Gasteiger partial charge on any atom is -0.310 e. The molecule has 0 atom stereocenters. The Morgan fingerprint density at radius 1 is 0.302 bits per heavy atom. The van der Waals surface area contributed by atoms with Crippen LogP contribution in [0.4, 0.5) is 34.1 Å². The number of aryl methyl sites for hydroxylation is 2. The van der Waals surface area contributed by atoms with Crippen molar-refractivity contribution in [2.24, 2.45) is 0 Å². The molecule has 254 valence electrons. The average molecular weight is 681 g/mol. The van der Waals surface area contributed by atoms with Crippen LogP contribution >= 0.6 is 0 Å². The molecular weight excluding hydrogens is 641 g/mol. The molecule has 1 aliphatic rings. The first kappa shape index (κ1) is 32.3. The summed E-state index contributed by atoms with van der Waals surface area (Å²) in [5, 5.41) is 0. The lowest BCUT2D eigenvalue weighted by Crippen LogP contribution is -2.28. The standard InChI is InChI=1S/C51H40N2/c1-37-15-13-21-45(35-37)52(41-17-5-3-6-18-41)43-31-27-39(28-32-43)51(49-25-11-9-23-47(49)48-24-10-12-26-50(48)51)40-29-33-44(34-30-40)53(42-19-7-4-8-20-42)46-22-14-16-38(2)36-46/h3-36H,1-2H3. The van der Waals surface area contributed by atoms with Crippen LogP contribution in [0, 0.1) is 13.8 Å². The summed E-state index contributed by atoms with van der Waals surface area (Å²) < 4.78 is 0. The van der Waals surface area contributed by atoms with Crippen molar-refractivity contribution in [3.63, 3.8) is 0 Å². The van der Waals surface area contributed by atoms with Crippen LogP contribution in [0.1, 0.15) is 33.4 Å². The molecule has 9 rings (SSSR count). The lowest BCUT2D eigenvalue weighted by Gasteiger charge is -2.35. The molecule has 0 unspecified atom stereocenters. The van der Waals surface area contributed by atoms with Crippen molar-refractivity contribution in [1.82, 2.24) is 0 Å². The third-order valence-electron chi connectivity index (χ3n) is 10.6. The van der Waals surface area contributed by atoms with Crippen molar-refractivity contribution in [3.8, 4) is 11.1 Å². The summed E-state index contributed by atoms with van der Waals surface area (Å²) in [5.41, 5.74) is 16.4. The summed E-state index contributed by atoms with van der Waals surface area (Å²) >= 11 is 0. The van der Waals surface area contributed by atoms with E-state index in [1.807, 2.05) is 0 Å². The van der Waals surface area contributed by atoms with Gasteiger partial charge in [-0.05, 0) is 131 Å². The molecule has 0 saturated carbocycles. The van der Waals surface area contributed by atoms with Gasteiger partial charge in [-0.2, -0.15) is 0 Å². The van der Waals surface area contributed by atoms with Crippen LogP contribution in [-0.2, 0) is 5.41 Å². The fraction of sp³-hybridized carbons (Fsp3) is 0.0588. The molecule has 2 heteroatoms. The van der Waals surface area contributed by atoms with E-state index in [2.05, 4.69) is 230 Å². The third-order valence-corrected chi connectivity index (χ3v) is 10.6. The zero-order valence-electron chi connectivity index (χ0n) is 30.0. The van der Waals surface area contributed by atoms with Crippen LogP contribution < -0.4 is 9.80 Å². The molecule has 0 spiro atoms. The van der Waals surface area contributed by atoms with Gasteiger partial charge in [0.05, 0.1) is 5.41 Å². The summed E-state index contributed by atoms with van der Waals surface area (Å²) in [5.74, 6) is 0. The van der Waals surface area contributed by atoms with Crippen LogP contribution in [0.3, 0.4) is 0 Å². The Morgan fingerprint density at radius 2 is 0.642 bits per heavy atom. The Bertz CT molecular complexity index is 2340. The summed E-state index contributed by atoms with van der Waals surface area (Å²) in [7, 11) is 0. The minimum atomic E-state index is -0.508. The average Bonchev–Trinajstić information content (AvgIpc) is 3.51. The number of hydrogen-bond acceptors (Lipinski definition) is 2. The van der Waals surface area contributed by atoms with Gasteiger partial charge in [-0.25, -0.2) is 0 Å². The van der Waals surface area contributed by atoms with E-state index in [1.54, 1.807) is 0 Å². The second-order valence-electron chi connectivity index (χ2n) is 14.0. The Hall–Kier alpha value is -6.64. The second-order valence-corrected chi connectivity index (χ2v) is 14.0. The van der Waals surface area contributed by atoms with Gasteiger partial charge in [0.2, 0.25) is 0 Å². The Morgan fingerprint density at radius 3 is 1.04 bits per heavy atom. The van der Waals surface area contributed by atoms with Gasteiger partial charge in [-0.1, -0.05) is 133 Å². The smallest absolute Gasteiger partial charge is 0.0713 e. The number of para-hydroxylation sites is 2. The zero-order chi connectivity index (χ0) is 35.8. The number of rotatable bonds is 8. The molecule has 1 aliphatic carbocycles. The molecule has 0 aromatic heterocycles. The Balaban J connectivity index is 1.22. The van der Waals surface area contributed by atoms with Gasteiger partial charge in [-0.15, -0.1) is 0 Å². The van der Waals surface area contributed by atoms with Crippen molar-refractivity contribution in [1.29, 1.82) is 0 Å². The third kappa shape index (κ3) is 5.60. The molecule has 0 fully saturated rings. The maximum Gasteiger partial charge on any atom is 0.0713 e. The highest BCUT2D eigenvalue weighted by molar-refractivity contribution is 5.87. The van der Waals surface area contributed by atoms with Crippen LogP contribution in [-0.4, -0.2) is 0 Å². The van der Waals surface area contributed by atoms with E-state index in [-0.39, 0.29) is 0 Å². The van der Waals surface area contributed by atoms with Crippen molar-refractivity contribution >= 4 is 34.1 Å². The molecule has 0 saturated heterocycles. The Kier molecular flexibility index (Phi) is 8.21. The van der Waals surface area contributed by atoms with E-state index in [9.17, 15) is 0 Å². The highest BCUT2D eigenvalue weighted by atomic mass is 15.1. The number of hydrogen-bond donors (Lipinski definition) is 0. The number of anilines is 6. The van der Waals surface area contributed by atoms with Crippen molar-refractivity contribution in [2.45, 2.75) is 19.3 Å². The highest BCUT2D eigenvalue weighted by Gasteiger charge is 2.46. The normalized spacial score (nSPS) is 12.5. The van der Waals surface area contributed by atoms with Gasteiger partial charge in [-0.3, -0.25) is 0 Å². The molecule has 0 bridgehead atoms. The fourth-order valence-corrected chi connectivity index (χ4v) is 8.33. The van der Waals surface area contributed by atoms with E-state index in [1.165, 1.54) is 44.5 Å². The molecule has 8 aromatic carbocycles. The lowest BCUT2D eigenvalue weighted by atomic mass is 9.67. The molecule has 0 heterocycles. The summed E-state index contributed by atoms with van der Waals surface area (Å²) in [6.07, 6.45) is 0. The molecule has 53 heavy (non-hydrogen) atoms. The van der Waals surface area contributed by atoms with E-state index < -0.39 is 5.41 Å². The molecule has 0 N–H and O–H groups in total. The van der Waals surface area contributed by atoms with Gasteiger partial charge in [0, 0.05) is 34.1 Å². The quantitative estimate of drug-likeness (QED) is 0.158. The van der Waals surface area contributed by atoms with Crippen molar-refractivity contribution < 1.29 is 0 Å². The Labute approximate surface area is 312 Å². The molecule has 0 amide bonds. The van der Waals surface area contributed by atoms with Crippen LogP contribution in [0.5, 0.6) is 0 Å². The van der Waals surface area contributed by atoms with Crippen molar-refractivity contribution in [3.05, 3.63) is 240 Å². The van der Waals surface area contributed by atoms with Gasteiger partial charge in [0.15, 0.2) is 0 Å². The van der Waals surface area contributed by atoms with Crippen LogP contribution in [0.15, 0.2) is 206 Å². The number of fused-ring (bicyclic) bond motifs is 3. The monoisotopic (exact) mass is 680 g/mol. The maximum atomic E-state index is 2.35. The summed E-state index contributed by atoms with van der Waals surface area (Å²) in [4.78, 5) is 4.69. The van der Waals surface area contributed by atoms with E-state index in [4.69, 9.17) is 0 Å². The first-order valence-electron chi connectivity index (χ1n) is 18.4. The highest BCUT2D eigenvalue weighted by Crippen LogP contribution is 2.56. The number of nitrogens with zero attached hydrogens (tertiary/aromatic N) is 2. The fourth-order valence-electron chi connectivity index (χ4n) is 8.33. The maximum absolute atomic E-state index is 2.35. The molecular formula is C51H40N2. The van der Waals surface area contributed by atoms with Crippen LogP contribution in [0.2, 0.25) is 0 Å². The van der Waals surface area contributed by atoms with Crippen LogP contribution in [0.25, 0.3) is 11.1 Å². The second kappa shape index (κ2) is 13.5. The molecule has 0 radical (unpaired) electrons. The van der Waals surface area contributed by atoms with Crippen molar-refractivity contribution in [2.75, 3.05) is 9.80 Å². The minimum absolute atomic E-state index is 0.508. The lowest BCUT2D eigenvalue weighted by molar-refractivity contribution is 0.768. The van der Waals surface area contributed by atoms with Gasteiger partial charge in [0.25, 0.3) is 0 Å². The molecule has 2 nitrogen and oxygen atoms in total. The summed E-state index contributed by atoms with van der Waals surface area (Å²) in [6, 6.07) is 75.2. The van der Waals surface area contributed by atoms with Gasteiger partial charge in [0.1, 0.15) is 0 Å². The predicted molar refractivity (Wildman–Crippen MR) is 223 cm³/mol. The SMILES string of the molecule is Cc1cccc(N(c2ccccc2)c2ccc(C3(c4ccc(N(c5ccccc5)c5cccc(C)c5)cc4)c4ccccc4-c4ccccc43)cc2)c1. The first-order chi connectivity index (χ1) is 26.1. The summed E-state index contributed by atoms with van der Waals surface area (Å²) in [6.45, 7) is 4.31. The largest absolute Gasteiger partial charge is 0.310 e. The van der Waals surface area contributed by atoms with E-state index in [0.717, 1.165) is 34.1 Å². The first-order valence-corrected chi connectivity index (χ1v) is 18.4.